The average molecular weight is 335 g/mol. The van der Waals surface area contributed by atoms with Gasteiger partial charge in [0.25, 0.3) is 0 Å². The first-order valence-electron chi connectivity index (χ1n) is 10.3. The second kappa shape index (κ2) is 8.07. The lowest BCUT2D eigenvalue weighted by Crippen LogP contribution is -2.47. The monoisotopic (exact) mass is 334 g/mol. The zero-order chi connectivity index (χ0) is 17.0. The van der Waals surface area contributed by atoms with Gasteiger partial charge in [-0.15, -0.1) is 0 Å². The fourth-order valence-corrected chi connectivity index (χ4v) is 5.13. The number of hydrogen-bond acceptors (Lipinski definition) is 2. The Morgan fingerprint density at radius 1 is 1.12 bits per heavy atom. The van der Waals surface area contributed by atoms with Crippen LogP contribution in [-0.4, -0.2) is 61.6 Å². The smallest absolute Gasteiger partial charge is 0.193 e. The van der Waals surface area contributed by atoms with E-state index in [0.29, 0.717) is 11.5 Å². The third-order valence-electron chi connectivity index (χ3n) is 6.69. The van der Waals surface area contributed by atoms with Crippen LogP contribution in [0.3, 0.4) is 0 Å². The van der Waals surface area contributed by atoms with E-state index >= 15 is 0 Å². The Hall–Kier alpha value is -0.770. The van der Waals surface area contributed by atoms with Crippen LogP contribution in [0.25, 0.3) is 0 Å². The lowest BCUT2D eigenvalue weighted by molar-refractivity contribution is 0.140. The molecule has 0 aromatic heterocycles. The zero-order valence-electron chi connectivity index (χ0n) is 16.2. The number of guanidine groups is 1. The third kappa shape index (κ3) is 4.25. The van der Waals surface area contributed by atoms with Gasteiger partial charge < -0.3 is 15.1 Å². The number of likely N-dealkylation sites (tertiary alicyclic amines) is 2. The highest BCUT2D eigenvalue weighted by Gasteiger charge is 2.39. The molecule has 3 fully saturated rings. The first-order valence-corrected chi connectivity index (χ1v) is 10.3. The van der Waals surface area contributed by atoms with E-state index < -0.39 is 0 Å². The van der Waals surface area contributed by atoms with Crippen molar-refractivity contribution in [2.75, 3.05) is 39.8 Å². The van der Waals surface area contributed by atoms with Crippen LogP contribution in [0.5, 0.6) is 0 Å². The fraction of sp³-hybridized carbons (Fsp3) is 0.950. The van der Waals surface area contributed by atoms with Gasteiger partial charge in [-0.3, -0.25) is 4.99 Å². The van der Waals surface area contributed by atoms with Crippen molar-refractivity contribution < 1.29 is 0 Å². The van der Waals surface area contributed by atoms with Gasteiger partial charge in [-0.1, -0.05) is 19.3 Å². The summed E-state index contributed by atoms with van der Waals surface area (Å²) in [6, 6.07) is 0.678. The average Bonchev–Trinajstić information content (AvgIpc) is 2.99. The third-order valence-corrected chi connectivity index (χ3v) is 6.69. The Morgan fingerprint density at radius 3 is 2.62 bits per heavy atom. The van der Waals surface area contributed by atoms with Gasteiger partial charge in [0, 0.05) is 39.3 Å². The molecule has 1 unspecified atom stereocenters. The van der Waals surface area contributed by atoms with Gasteiger partial charge in [0.05, 0.1) is 0 Å². The van der Waals surface area contributed by atoms with E-state index in [4.69, 9.17) is 0 Å². The highest BCUT2D eigenvalue weighted by atomic mass is 15.3. The van der Waals surface area contributed by atoms with Crippen LogP contribution in [0, 0.1) is 11.3 Å². The summed E-state index contributed by atoms with van der Waals surface area (Å²) in [4.78, 5) is 9.77. The molecule has 2 heterocycles. The molecule has 0 aromatic carbocycles. The van der Waals surface area contributed by atoms with Crippen molar-refractivity contribution in [1.82, 2.24) is 15.1 Å². The summed E-state index contributed by atoms with van der Waals surface area (Å²) in [6.07, 6.45) is 11.3. The number of hydrogen-bond donors (Lipinski definition) is 1. The molecule has 4 heteroatoms. The number of nitrogens with zero attached hydrogens (tertiary/aromatic N) is 3. The molecule has 24 heavy (non-hydrogen) atoms. The van der Waals surface area contributed by atoms with E-state index in [-0.39, 0.29) is 0 Å². The van der Waals surface area contributed by atoms with Crippen LogP contribution in [0.15, 0.2) is 4.99 Å². The van der Waals surface area contributed by atoms with Gasteiger partial charge in [0.1, 0.15) is 0 Å². The summed E-state index contributed by atoms with van der Waals surface area (Å²) in [5, 5.41) is 3.71. The quantitative estimate of drug-likeness (QED) is 0.634. The minimum absolute atomic E-state index is 0.606. The number of nitrogens with one attached hydrogen (secondary N) is 1. The summed E-state index contributed by atoms with van der Waals surface area (Å²) in [5.74, 6) is 1.92. The molecule has 3 aliphatic rings. The van der Waals surface area contributed by atoms with Crippen LogP contribution in [-0.2, 0) is 0 Å². The Kier molecular flexibility index (Phi) is 6.07. The van der Waals surface area contributed by atoms with E-state index in [0.717, 1.165) is 18.4 Å². The summed E-state index contributed by atoms with van der Waals surface area (Å²) in [6.45, 7) is 10.7. The number of aliphatic imine (C=N–C) groups is 1. The summed E-state index contributed by atoms with van der Waals surface area (Å²) in [5.41, 5.74) is 0.606. The van der Waals surface area contributed by atoms with Crippen molar-refractivity contribution in [2.45, 2.75) is 71.3 Å². The highest BCUT2D eigenvalue weighted by molar-refractivity contribution is 5.80. The maximum atomic E-state index is 4.60. The number of piperidine rings is 1. The lowest BCUT2D eigenvalue weighted by Gasteiger charge is -2.36. The van der Waals surface area contributed by atoms with Crippen molar-refractivity contribution in [1.29, 1.82) is 0 Å². The molecule has 0 amide bonds. The molecule has 1 spiro atoms. The van der Waals surface area contributed by atoms with Crippen LogP contribution in [0.4, 0.5) is 0 Å². The van der Waals surface area contributed by atoms with Gasteiger partial charge in [0.2, 0.25) is 0 Å². The minimum atomic E-state index is 0.606. The molecule has 138 valence electrons. The van der Waals surface area contributed by atoms with Gasteiger partial charge in [0.15, 0.2) is 5.96 Å². The normalized spacial score (nSPS) is 28.8. The van der Waals surface area contributed by atoms with Crippen molar-refractivity contribution in [2.24, 2.45) is 16.3 Å². The molecule has 0 bridgehead atoms. The van der Waals surface area contributed by atoms with E-state index in [1.54, 1.807) is 0 Å². The predicted molar refractivity (Wildman–Crippen MR) is 103 cm³/mol. The molecule has 2 saturated heterocycles. The molecule has 0 aromatic rings. The lowest BCUT2D eigenvalue weighted by atomic mass is 9.73. The standard InChI is InChI=1S/C20H38N4/c1-17(2)23-12-7-8-18(15-23)14-22-19(21-3)24-13-11-20(16-24)9-5-4-6-10-20/h17-18H,4-16H2,1-3H3,(H,21,22). The van der Waals surface area contributed by atoms with E-state index in [2.05, 4.69) is 34.0 Å². The Labute approximate surface area is 149 Å². The van der Waals surface area contributed by atoms with Crippen LogP contribution >= 0.6 is 0 Å². The van der Waals surface area contributed by atoms with E-state index in [1.807, 2.05) is 7.05 Å². The summed E-state index contributed by atoms with van der Waals surface area (Å²) in [7, 11) is 1.95. The second-order valence-corrected chi connectivity index (χ2v) is 8.76. The molecule has 1 aliphatic carbocycles. The molecule has 1 saturated carbocycles. The maximum absolute atomic E-state index is 4.60. The Bertz CT molecular complexity index is 425. The topological polar surface area (TPSA) is 30.9 Å². The molecule has 1 atom stereocenters. The first kappa shape index (κ1) is 18.0. The van der Waals surface area contributed by atoms with Gasteiger partial charge >= 0.3 is 0 Å². The summed E-state index contributed by atoms with van der Waals surface area (Å²) < 4.78 is 0. The Morgan fingerprint density at radius 2 is 1.92 bits per heavy atom. The minimum Gasteiger partial charge on any atom is -0.356 e. The van der Waals surface area contributed by atoms with E-state index in [9.17, 15) is 0 Å². The molecule has 4 nitrogen and oxygen atoms in total. The SMILES string of the molecule is CN=C(NCC1CCCN(C(C)C)C1)N1CCC2(CCCCC2)C1. The predicted octanol–water partition coefficient (Wildman–Crippen LogP) is 3.34. The first-order chi connectivity index (χ1) is 11.6. The fourth-order valence-electron chi connectivity index (χ4n) is 5.13. The van der Waals surface area contributed by atoms with Gasteiger partial charge in [-0.2, -0.15) is 0 Å². The van der Waals surface area contributed by atoms with Crippen molar-refractivity contribution in [3.05, 3.63) is 0 Å². The molecular formula is C20H38N4. The molecule has 1 N–H and O–H groups in total. The highest BCUT2D eigenvalue weighted by Crippen LogP contribution is 2.43. The second-order valence-electron chi connectivity index (χ2n) is 8.76. The van der Waals surface area contributed by atoms with Gasteiger partial charge in [-0.05, 0) is 63.8 Å². The van der Waals surface area contributed by atoms with E-state index in [1.165, 1.54) is 77.5 Å². The molecule has 2 aliphatic heterocycles. The number of rotatable bonds is 3. The molecular weight excluding hydrogens is 296 g/mol. The van der Waals surface area contributed by atoms with Crippen molar-refractivity contribution in [3.63, 3.8) is 0 Å². The van der Waals surface area contributed by atoms with Crippen LogP contribution < -0.4 is 5.32 Å². The molecule has 3 rings (SSSR count). The van der Waals surface area contributed by atoms with Crippen molar-refractivity contribution in [3.8, 4) is 0 Å². The van der Waals surface area contributed by atoms with Crippen molar-refractivity contribution >= 4 is 5.96 Å². The molecule has 0 radical (unpaired) electrons. The Balaban J connectivity index is 1.49. The maximum Gasteiger partial charge on any atom is 0.193 e. The largest absolute Gasteiger partial charge is 0.356 e. The van der Waals surface area contributed by atoms with Crippen LogP contribution in [0.1, 0.15) is 65.2 Å². The van der Waals surface area contributed by atoms with Gasteiger partial charge in [-0.25, -0.2) is 0 Å². The van der Waals surface area contributed by atoms with Crippen LogP contribution in [0.2, 0.25) is 0 Å². The summed E-state index contributed by atoms with van der Waals surface area (Å²) >= 11 is 0. The zero-order valence-corrected chi connectivity index (χ0v) is 16.2.